The summed E-state index contributed by atoms with van der Waals surface area (Å²) < 4.78 is 0. The average Bonchev–Trinajstić information content (AvgIpc) is 1.54. The molecule has 0 fully saturated rings. The third kappa shape index (κ3) is 183. The standard InChI is InChI=1S/3C2H4O2/c3*1-2(3)4/h3*1H3,(H,3,4)/p-3. The van der Waals surface area contributed by atoms with Crippen LogP contribution in [0.2, 0.25) is 0 Å². The Bertz CT molecular complexity index is 110. The molecule has 0 N–H and O–H groups in total. The van der Waals surface area contributed by atoms with Crippen molar-refractivity contribution in [1.82, 2.24) is 0 Å². The molecule has 0 aliphatic carbocycles. The zero-order valence-electron chi connectivity index (χ0n) is 6.95. The third-order valence-corrected chi connectivity index (χ3v) is 0. The molecule has 0 aliphatic rings. The number of carboxylic acids is 3. The van der Waals surface area contributed by atoms with E-state index in [1.165, 1.54) is 0 Å². The van der Waals surface area contributed by atoms with E-state index < -0.39 is 17.9 Å². The van der Waals surface area contributed by atoms with E-state index in [4.69, 9.17) is 29.7 Å². The first-order valence-electron chi connectivity index (χ1n) is 2.72. The summed E-state index contributed by atoms with van der Waals surface area (Å²) in [4.78, 5) is 26.7. The minimum atomic E-state index is -1.08. The minimum Gasteiger partial charge on any atom is -0.550 e. The van der Waals surface area contributed by atoms with Crippen molar-refractivity contribution in [3.05, 3.63) is 0 Å². The van der Waals surface area contributed by atoms with Gasteiger partial charge in [-0.1, -0.05) is 0 Å². The van der Waals surface area contributed by atoms with E-state index in [2.05, 4.69) is 0 Å². The fourth-order valence-corrected chi connectivity index (χ4v) is 0. The Hall–Kier alpha value is -1.59. The lowest BCUT2D eigenvalue weighted by Gasteiger charge is -1.77. The fraction of sp³-hybridized carbons (Fsp3) is 0.500. The second-order valence-corrected chi connectivity index (χ2v) is 1.47. The summed E-state index contributed by atoms with van der Waals surface area (Å²) in [6, 6.07) is 0. The van der Waals surface area contributed by atoms with E-state index in [1.807, 2.05) is 0 Å². The van der Waals surface area contributed by atoms with E-state index >= 15 is 0 Å². The Labute approximate surface area is 69.4 Å². The van der Waals surface area contributed by atoms with Gasteiger partial charge in [-0.2, -0.15) is 0 Å². The molecule has 0 aromatic carbocycles. The van der Waals surface area contributed by atoms with Crippen LogP contribution >= 0.6 is 0 Å². The smallest absolute Gasteiger partial charge is 0.0383 e. The van der Waals surface area contributed by atoms with E-state index in [0.29, 0.717) is 0 Å². The number of hydrogen-bond acceptors (Lipinski definition) is 6. The highest BCUT2D eigenvalue weighted by atomic mass is 16.4. The van der Waals surface area contributed by atoms with Crippen LogP contribution in [0, 0.1) is 0 Å². The van der Waals surface area contributed by atoms with Crippen molar-refractivity contribution in [3.63, 3.8) is 0 Å². The van der Waals surface area contributed by atoms with Gasteiger partial charge < -0.3 is 29.7 Å². The van der Waals surface area contributed by atoms with Crippen molar-refractivity contribution in [2.24, 2.45) is 0 Å². The summed E-state index contributed by atoms with van der Waals surface area (Å²) >= 11 is 0. The van der Waals surface area contributed by atoms with E-state index in [1.54, 1.807) is 0 Å². The van der Waals surface area contributed by atoms with Gasteiger partial charge in [-0.05, 0) is 20.8 Å². The molecule has 6 nitrogen and oxygen atoms in total. The SMILES string of the molecule is CC(=O)[O-].CC(=O)[O-].CC(=O)[O-]. The number of aliphatic carboxylic acids is 3. The highest BCUT2D eigenvalue weighted by Crippen LogP contribution is 1.31. The van der Waals surface area contributed by atoms with Crippen molar-refractivity contribution in [3.8, 4) is 0 Å². The average molecular weight is 177 g/mol. The van der Waals surface area contributed by atoms with Gasteiger partial charge in [-0.3, -0.25) is 0 Å². The summed E-state index contributed by atoms with van der Waals surface area (Å²) in [5, 5.41) is 26.7. The summed E-state index contributed by atoms with van der Waals surface area (Å²) in [6.07, 6.45) is 0. The van der Waals surface area contributed by atoms with Gasteiger partial charge in [0.05, 0.1) is 0 Å². The van der Waals surface area contributed by atoms with Crippen LogP contribution in [0.1, 0.15) is 20.8 Å². The normalized spacial score (nSPS) is 6.25. The fourth-order valence-electron chi connectivity index (χ4n) is 0. The maximum atomic E-state index is 8.89. The number of hydrogen-bond donors (Lipinski definition) is 0. The molecule has 6 heteroatoms. The third-order valence-electron chi connectivity index (χ3n) is 0. The van der Waals surface area contributed by atoms with Gasteiger partial charge >= 0.3 is 0 Å². The predicted molar refractivity (Wildman–Crippen MR) is 32.0 cm³/mol. The molecule has 0 aromatic rings. The van der Waals surface area contributed by atoms with Crippen molar-refractivity contribution < 1.29 is 29.7 Å². The molecule has 0 spiro atoms. The minimum absolute atomic E-state index is 0.972. The molecule has 0 heterocycles. The second-order valence-electron chi connectivity index (χ2n) is 1.47. The van der Waals surface area contributed by atoms with Gasteiger partial charge in [0.15, 0.2) is 0 Å². The van der Waals surface area contributed by atoms with Gasteiger partial charge in [-0.15, -0.1) is 0 Å². The van der Waals surface area contributed by atoms with Crippen molar-refractivity contribution in [2.45, 2.75) is 20.8 Å². The molecule has 0 bridgehead atoms. The largest absolute Gasteiger partial charge is 0.550 e. The zero-order chi connectivity index (χ0) is 10.7. The van der Waals surface area contributed by atoms with Crippen LogP contribution in [0.4, 0.5) is 0 Å². The molecule has 0 saturated heterocycles. The van der Waals surface area contributed by atoms with Crippen molar-refractivity contribution in [2.75, 3.05) is 0 Å². The van der Waals surface area contributed by atoms with Gasteiger partial charge in [0.25, 0.3) is 0 Å². The monoisotopic (exact) mass is 177 g/mol. The van der Waals surface area contributed by atoms with E-state index in [9.17, 15) is 0 Å². The Morgan fingerprint density at radius 1 is 0.667 bits per heavy atom. The number of carbonyl (C=O) groups excluding carboxylic acids is 3. The maximum absolute atomic E-state index is 8.89. The summed E-state index contributed by atoms with van der Waals surface area (Å²) in [7, 11) is 0. The van der Waals surface area contributed by atoms with Crippen molar-refractivity contribution >= 4 is 17.9 Å². The van der Waals surface area contributed by atoms with Crippen LogP contribution in [0.15, 0.2) is 0 Å². The lowest BCUT2D eigenvalue weighted by molar-refractivity contribution is -0.303. The van der Waals surface area contributed by atoms with Crippen LogP contribution in [0.5, 0.6) is 0 Å². The summed E-state index contributed by atoms with van der Waals surface area (Å²) in [5.41, 5.74) is 0. The van der Waals surface area contributed by atoms with E-state index in [-0.39, 0.29) is 0 Å². The second kappa shape index (κ2) is 12.1. The van der Waals surface area contributed by atoms with Crippen LogP contribution in [-0.2, 0) is 14.4 Å². The molecule has 0 rings (SSSR count). The summed E-state index contributed by atoms with van der Waals surface area (Å²) in [6.45, 7) is 2.92. The van der Waals surface area contributed by atoms with Crippen LogP contribution < -0.4 is 15.3 Å². The molecule has 12 heavy (non-hydrogen) atoms. The number of carbonyl (C=O) groups is 3. The zero-order valence-corrected chi connectivity index (χ0v) is 6.95. The molecule has 0 amide bonds. The lowest BCUT2D eigenvalue weighted by Crippen LogP contribution is -2.16. The molecule has 0 unspecified atom stereocenters. The van der Waals surface area contributed by atoms with Crippen LogP contribution in [0.25, 0.3) is 0 Å². The molecule has 0 saturated carbocycles. The Morgan fingerprint density at radius 3 is 0.667 bits per heavy atom. The van der Waals surface area contributed by atoms with Crippen LogP contribution in [0.3, 0.4) is 0 Å². The number of carboxylic acid groups (broad SMARTS) is 3. The Kier molecular flexibility index (Phi) is 17.0. The van der Waals surface area contributed by atoms with Crippen molar-refractivity contribution in [1.29, 1.82) is 0 Å². The highest BCUT2D eigenvalue weighted by molar-refractivity contribution is 5.60. The predicted octanol–water partition coefficient (Wildman–Crippen LogP) is -3.73. The first-order chi connectivity index (χ1) is 5.20. The molecule has 0 atom stereocenters. The first kappa shape index (κ1) is 16.8. The number of rotatable bonds is 0. The van der Waals surface area contributed by atoms with E-state index in [0.717, 1.165) is 20.8 Å². The quantitative estimate of drug-likeness (QED) is 0.375. The van der Waals surface area contributed by atoms with Crippen LogP contribution in [-0.4, -0.2) is 17.9 Å². The van der Waals surface area contributed by atoms with Gasteiger partial charge in [0.2, 0.25) is 0 Å². The maximum Gasteiger partial charge on any atom is 0.0383 e. The first-order valence-corrected chi connectivity index (χ1v) is 2.72. The lowest BCUT2D eigenvalue weighted by atomic mass is 10.9. The molecular weight excluding hydrogens is 168 g/mol. The van der Waals surface area contributed by atoms with Gasteiger partial charge in [0.1, 0.15) is 0 Å². The molecule has 72 valence electrons. The highest BCUT2D eigenvalue weighted by Gasteiger charge is 1.47. The topological polar surface area (TPSA) is 120 Å². The molecule has 0 aliphatic heterocycles. The van der Waals surface area contributed by atoms with Gasteiger partial charge in [-0.25, -0.2) is 0 Å². The Morgan fingerprint density at radius 2 is 0.667 bits per heavy atom. The molecular formula is C6H9O6-3. The Balaban J connectivity index is -0.000000101. The van der Waals surface area contributed by atoms with Gasteiger partial charge in [0, 0.05) is 17.9 Å². The molecule has 0 aromatic heterocycles. The summed E-state index contributed by atoms with van der Waals surface area (Å²) in [5.74, 6) is -3.25. The molecule has 0 radical (unpaired) electrons.